The van der Waals surface area contributed by atoms with Gasteiger partial charge in [0.2, 0.25) is 0 Å². The molecule has 4 rings (SSSR count). The molecule has 9 nitrogen and oxygen atoms in total. The smallest absolute Gasteiger partial charge is 0.343 e. The summed E-state index contributed by atoms with van der Waals surface area (Å²) in [6, 6.07) is 15.1. The molecular weight excluding hydrogens is 470 g/mol. The Morgan fingerprint density at radius 2 is 1.69 bits per heavy atom. The first-order chi connectivity index (χ1) is 17.0. The van der Waals surface area contributed by atoms with Gasteiger partial charge >= 0.3 is 23.8 Å². The molecule has 0 bridgehead atoms. The van der Waals surface area contributed by atoms with Gasteiger partial charge in [-0.05, 0) is 66.8 Å². The molecule has 178 valence electrons. The third-order valence-electron chi connectivity index (χ3n) is 5.22. The molecule has 2 aromatic carbocycles. The molecule has 10 heteroatoms. The van der Waals surface area contributed by atoms with Gasteiger partial charge < -0.3 is 14.8 Å². The van der Waals surface area contributed by atoms with Crippen molar-refractivity contribution in [3.05, 3.63) is 81.7 Å². The predicted molar refractivity (Wildman–Crippen MR) is 130 cm³/mol. The number of thiophene rings is 1. The Balaban J connectivity index is 1.32. The number of anilines is 1. The van der Waals surface area contributed by atoms with E-state index in [2.05, 4.69) is 15.8 Å². The average Bonchev–Trinajstić information content (AvgIpc) is 3.46. The second kappa shape index (κ2) is 10.7. The van der Waals surface area contributed by atoms with Crippen molar-refractivity contribution in [2.75, 3.05) is 12.4 Å². The van der Waals surface area contributed by atoms with Crippen LogP contribution in [0.2, 0.25) is 0 Å². The summed E-state index contributed by atoms with van der Waals surface area (Å²) in [4.78, 5) is 49.8. The van der Waals surface area contributed by atoms with E-state index < -0.39 is 23.8 Å². The molecule has 2 N–H and O–H groups in total. The van der Waals surface area contributed by atoms with Crippen molar-refractivity contribution in [2.45, 2.75) is 19.3 Å². The van der Waals surface area contributed by atoms with Gasteiger partial charge in [-0.2, -0.15) is 5.10 Å². The summed E-state index contributed by atoms with van der Waals surface area (Å²) >= 11 is 1.28. The quantitative estimate of drug-likeness (QED) is 0.179. The number of hydrazone groups is 1. The molecule has 35 heavy (non-hydrogen) atoms. The third-order valence-corrected chi connectivity index (χ3v) is 6.43. The maximum atomic E-state index is 12.3. The van der Waals surface area contributed by atoms with Gasteiger partial charge in [-0.1, -0.05) is 18.2 Å². The molecule has 0 atom stereocenters. The average molecular weight is 492 g/mol. The monoisotopic (exact) mass is 491 g/mol. The molecule has 0 radical (unpaired) electrons. The highest BCUT2D eigenvalue weighted by Crippen LogP contribution is 2.39. The van der Waals surface area contributed by atoms with Crippen LogP contribution in [-0.2, 0) is 27.2 Å². The van der Waals surface area contributed by atoms with Crippen LogP contribution in [0.1, 0.15) is 43.1 Å². The number of nitrogens with one attached hydrogen (secondary N) is 2. The Hall–Kier alpha value is -4.31. The number of ether oxygens (including phenoxy) is 2. The van der Waals surface area contributed by atoms with Crippen LogP contribution >= 0.6 is 11.3 Å². The van der Waals surface area contributed by atoms with Crippen LogP contribution in [0.5, 0.6) is 5.75 Å². The first kappa shape index (κ1) is 23.8. The number of carbonyl (C=O) groups excluding carboxylic acids is 4. The van der Waals surface area contributed by atoms with Gasteiger partial charge in [-0.15, -0.1) is 11.3 Å². The summed E-state index contributed by atoms with van der Waals surface area (Å²) in [6.45, 7) is 0. The lowest BCUT2D eigenvalue weighted by molar-refractivity contribution is -0.136. The second-order valence-electron chi connectivity index (χ2n) is 7.53. The van der Waals surface area contributed by atoms with Gasteiger partial charge in [-0.25, -0.2) is 15.0 Å². The fourth-order valence-electron chi connectivity index (χ4n) is 3.55. The molecule has 2 amide bonds. The number of fused-ring (bicyclic) bond motifs is 1. The molecule has 0 unspecified atom stereocenters. The topological polar surface area (TPSA) is 123 Å². The number of rotatable bonds is 6. The number of hydrogen-bond donors (Lipinski definition) is 2. The van der Waals surface area contributed by atoms with Gasteiger partial charge in [0.15, 0.2) is 0 Å². The minimum absolute atomic E-state index is 0.298. The zero-order chi connectivity index (χ0) is 24.8. The van der Waals surface area contributed by atoms with Crippen molar-refractivity contribution in [2.24, 2.45) is 5.10 Å². The molecule has 1 heterocycles. The molecule has 1 aromatic heterocycles. The van der Waals surface area contributed by atoms with Crippen LogP contribution < -0.4 is 15.5 Å². The van der Waals surface area contributed by atoms with E-state index in [9.17, 15) is 19.2 Å². The van der Waals surface area contributed by atoms with Crippen molar-refractivity contribution in [1.29, 1.82) is 0 Å². The fourth-order valence-corrected chi connectivity index (χ4v) is 4.82. The lowest BCUT2D eigenvalue weighted by Crippen LogP contribution is -2.32. The van der Waals surface area contributed by atoms with E-state index >= 15 is 0 Å². The Morgan fingerprint density at radius 1 is 0.943 bits per heavy atom. The molecule has 3 aromatic rings. The van der Waals surface area contributed by atoms with Crippen molar-refractivity contribution in [3.8, 4) is 5.75 Å². The highest BCUT2D eigenvalue weighted by Gasteiger charge is 2.29. The number of hydrogen-bond acceptors (Lipinski definition) is 8. The van der Waals surface area contributed by atoms with Gasteiger partial charge in [0.05, 0.1) is 24.5 Å². The van der Waals surface area contributed by atoms with E-state index in [1.165, 1.54) is 24.7 Å². The van der Waals surface area contributed by atoms with Crippen molar-refractivity contribution in [1.82, 2.24) is 5.43 Å². The Labute approximate surface area is 204 Å². The van der Waals surface area contributed by atoms with Crippen LogP contribution in [0.15, 0.2) is 59.7 Å². The van der Waals surface area contributed by atoms with Crippen LogP contribution in [-0.4, -0.2) is 37.1 Å². The summed E-state index contributed by atoms with van der Waals surface area (Å²) in [5.41, 5.74) is 4.37. The maximum absolute atomic E-state index is 12.3. The summed E-state index contributed by atoms with van der Waals surface area (Å²) in [5, 5.41) is 6.57. The SMILES string of the molecule is COC(=O)c1c(NC(=O)C(=O)NN=Cc2ccc(OC(=O)c3ccccc3)cc2)sc2c1CCC2. The van der Waals surface area contributed by atoms with Crippen molar-refractivity contribution < 1.29 is 28.7 Å². The van der Waals surface area contributed by atoms with E-state index in [-0.39, 0.29) is 0 Å². The summed E-state index contributed by atoms with van der Waals surface area (Å²) in [7, 11) is 1.27. The van der Waals surface area contributed by atoms with E-state index in [0.29, 0.717) is 27.4 Å². The minimum atomic E-state index is -0.987. The predicted octanol–water partition coefficient (Wildman–Crippen LogP) is 3.33. The molecule has 0 saturated carbocycles. The van der Waals surface area contributed by atoms with E-state index in [0.717, 1.165) is 29.7 Å². The molecule has 1 aliphatic rings. The third kappa shape index (κ3) is 5.61. The molecule has 0 saturated heterocycles. The molecular formula is C25H21N3O6S. The number of methoxy groups -OCH3 is 1. The van der Waals surface area contributed by atoms with Gasteiger partial charge in [-0.3, -0.25) is 9.59 Å². The first-order valence-electron chi connectivity index (χ1n) is 10.7. The number of benzene rings is 2. The Kier molecular flexibility index (Phi) is 7.32. The standard InChI is InChI=1S/C25H21N3O6S/c1-33-25(32)20-18-8-5-9-19(18)35-23(20)27-21(29)22(30)28-26-14-15-10-12-17(13-11-15)34-24(31)16-6-3-2-4-7-16/h2-4,6-7,10-14H,5,8-9H2,1H3,(H,27,29)(H,28,30). The Bertz CT molecular complexity index is 1300. The van der Waals surface area contributed by atoms with Gasteiger partial charge in [0.25, 0.3) is 0 Å². The molecule has 0 aliphatic heterocycles. The second-order valence-corrected chi connectivity index (χ2v) is 8.64. The van der Waals surface area contributed by atoms with E-state index in [1.807, 2.05) is 0 Å². The van der Waals surface area contributed by atoms with Gasteiger partial charge in [0.1, 0.15) is 10.8 Å². The number of amides is 2. The lowest BCUT2D eigenvalue weighted by Gasteiger charge is -2.06. The first-order valence-corrected chi connectivity index (χ1v) is 11.5. The Morgan fingerprint density at radius 3 is 2.40 bits per heavy atom. The summed E-state index contributed by atoms with van der Waals surface area (Å²) in [5.74, 6) is -2.61. The lowest BCUT2D eigenvalue weighted by atomic mass is 10.1. The fraction of sp³-hybridized carbons (Fsp3) is 0.160. The number of aryl methyl sites for hydroxylation is 1. The van der Waals surface area contributed by atoms with Crippen molar-refractivity contribution in [3.63, 3.8) is 0 Å². The van der Waals surface area contributed by atoms with Crippen LogP contribution in [0.25, 0.3) is 0 Å². The zero-order valence-corrected chi connectivity index (χ0v) is 19.5. The van der Waals surface area contributed by atoms with E-state index in [1.54, 1.807) is 54.6 Å². The highest BCUT2D eigenvalue weighted by molar-refractivity contribution is 7.17. The van der Waals surface area contributed by atoms with Crippen LogP contribution in [0.3, 0.4) is 0 Å². The number of carbonyl (C=O) groups is 4. The van der Waals surface area contributed by atoms with Gasteiger partial charge in [0, 0.05) is 4.88 Å². The zero-order valence-electron chi connectivity index (χ0n) is 18.7. The number of nitrogens with zero attached hydrogens (tertiary/aromatic N) is 1. The largest absolute Gasteiger partial charge is 0.465 e. The molecule has 0 spiro atoms. The number of esters is 2. The maximum Gasteiger partial charge on any atom is 0.343 e. The van der Waals surface area contributed by atoms with E-state index in [4.69, 9.17) is 9.47 Å². The van der Waals surface area contributed by atoms with Crippen LogP contribution in [0.4, 0.5) is 5.00 Å². The molecule has 0 fully saturated rings. The summed E-state index contributed by atoms with van der Waals surface area (Å²) in [6.07, 6.45) is 3.83. The van der Waals surface area contributed by atoms with Crippen LogP contribution in [0, 0.1) is 0 Å². The van der Waals surface area contributed by atoms with Crippen molar-refractivity contribution >= 4 is 46.3 Å². The molecule has 1 aliphatic carbocycles. The highest BCUT2D eigenvalue weighted by atomic mass is 32.1. The summed E-state index contributed by atoms with van der Waals surface area (Å²) < 4.78 is 10.1. The minimum Gasteiger partial charge on any atom is -0.465 e. The normalized spacial score (nSPS) is 12.1.